The van der Waals surface area contributed by atoms with Gasteiger partial charge >= 0.3 is 0 Å². The zero-order chi connectivity index (χ0) is 12.4. The SMILES string of the molecule is Oc1cccc(C2=N[C@@H](c3ccccc3)CO2)c1. The van der Waals surface area contributed by atoms with Crippen molar-refractivity contribution in [2.45, 2.75) is 6.04 Å². The van der Waals surface area contributed by atoms with E-state index in [9.17, 15) is 5.11 Å². The third kappa shape index (κ3) is 2.07. The third-order valence-corrected chi connectivity index (χ3v) is 2.93. The Balaban J connectivity index is 1.88. The summed E-state index contributed by atoms with van der Waals surface area (Å²) >= 11 is 0. The smallest absolute Gasteiger partial charge is 0.217 e. The molecule has 1 aliphatic rings. The number of rotatable bonds is 2. The third-order valence-electron chi connectivity index (χ3n) is 2.93. The minimum Gasteiger partial charge on any atom is -0.508 e. The molecular weight excluding hydrogens is 226 g/mol. The van der Waals surface area contributed by atoms with E-state index in [0.29, 0.717) is 12.5 Å². The predicted octanol–water partition coefficient (Wildman–Crippen LogP) is 2.91. The zero-order valence-electron chi connectivity index (χ0n) is 9.78. The van der Waals surface area contributed by atoms with E-state index < -0.39 is 0 Å². The van der Waals surface area contributed by atoms with E-state index in [4.69, 9.17) is 4.74 Å². The Hall–Kier alpha value is -2.29. The first-order valence-electron chi connectivity index (χ1n) is 5.88. The van der Waals surface area contributed by atoms with Crippen LogP contribution in [0.3, 0.4) is 0 Å². The van der Waals surface area contributed by atoms with Crippen LogP contribution in [0.4, 0.5) is 0 Å². The van der Waals surface area contributed by atoms with Gasteiger partial charge in [0.25, 0.3) is 0 Å². The fraction of sp³-hybridized carbons (Fsp3) is 0.133. The maximum Gasteiger partial charge on any atom is 0.217 e. The highest BCUT2D eigenvalue weighted by Crippen LogP contribution is 2.25. The first-order valence-corrected chi connectivity index (χ1v) is 5.88. The van der Waals surface area contributed by atoms with Crippen molar-refractivity contribution in [1.82, 2.24) is 0 Å². The summed E-state index contributed by atoms with van der Waals surface area (Å²) in [6, 6.07) is 17.1. The molecular formula is C15H13NO2. The van der Waals surface area contributed by atoms with Crippen molar-refractivity contribution < 1.29 is 9.84 Å². The van der Waals surface area contributed by atoms with Crippen LogP contribution in [0.5, 0.6) is 5.75 Å². The molecule has 90 valence electrons. The molecule has 0 aromatic heterocycles. The Kier molecular flexibility index (Phi) is 2.73. The lowest BCUT2D eigenvalue weighted by molar-refractivity contribution is 0.319. The van der Waals surface area contributed by atoms with Crippen molar-refractivity contribution in [1.29, 1.82) is 0 Å². The fourth-order valence-electron chi connectivity index (χ4n) is 2.02. The first kappa shape index (κ1) is 10.8. The van der Waals surface area contributed by atoms with Crippen LogP contribution in [-0.2, 0) is 4.74 Å². The molecule has 1 aliphatic heterocycles. The molecule has 0 saturated heterocycles. The van der Waals surface area contributed by atoms with Crippen LogP contribution >= 0.6 is 0 Å². The van der Waals surface area contributed by atoms with E-state index in [-0.39, 0.29) is 11.8 Å². The van der Waals surface area contributed by atoms with Crippen molar-refractivity contribution in [2.24, 2.45) is 4.99 Å². The number of hydrogen-bond donors (Lipinski definition) is 1. The quantitative estimate of drug-likeness (QED) is 0.875. The highest BCUT2D eigenvalue weighted by atomic mass is 16.5. The van der Waals surface area contributed by atoms with Crippen LogP contribution in [0.2, 0.25) is 0 Å². The minimum atomic E-state index is 0.0450. The number of phenols is 1. The number of hydrogen-bond acceptors (Lipinski definition) is 3. The van der Waals surface area contributed by atoms with Gasteiger partial charge in [-0.3, -0.25) is 0 Å². The molecule has 18 heavy (non-hydrogen) atoms. The molecule has 2 aromatic rings. The molecule has 2 aromatic carbocycles. The second-order valence-electron chi connectivity index (χ2n) is 4.22. The van der Waals surface area contributed by atoms with Gasteiger partial charge in [-0.15, -0.1) is 0 Å². The van der Waals surface area contributed by atoms with E-state index in [2.05, 4.69) is 4.99 Å². The second-order valence-corrected chi connectivity index (χ2v) is 4.22. The van der Waals surface area contributed by atoms with Gasteiger partial charge in [0.15, 0.2) is 0 Å². The molecule has 0 radical (unpaired) electrons. The molecule has 1 heterocycles. The summed E-state index contributed by atoms with van der Waals surface area (Å²) in [5.41, 5.74) is 1.96. The summed E-state index contributed by atoms with van der Waals surface area (Å²) in [7, 11) is 0. The van der Waals surface area contributed by atoms with Gasteiger partial charge in [-0.2, -0.15) is 0 Å². The summed E-state index contributed by atoms with van der Waals surface area (Å²) in [4.78, 5) is 4.55. The first-order chi connectivity index (χ1) is 8.83. The van der Waals surface area contributed by atoms with Crippen molar-refractivity contribution in [3.05, 3.63) is 65.7 Å². The van der Waals surface area contributed by atoms with Gasteiger partial charge in [0.1, 0.15) is 18.4 Å². The number of phenolic OH excluding ortho intramolecular Hbond substituents is 1. The number of aliphatic imine (C=N–C) groups is 1. The minimum absolute atomic E-state index is 0.0450. The van der Waals surface area contributed by atoms with Gasteiger partial charge in [-0.1, -0.05) is 36.4 Å². The summed E-state index contributed by atoms with van der Waals surface area (Å²) < 4.78 is 5.60. The highest BCUT2D eigenvalue weighted by molar-refractivity contribution is 5.95. The topological polar surface area (TPSA) is 41.8 Å². The Morgan fingerprint density at radius 1 is 1.06 bits per heavy atom. The second kappa shape index (κ2) is 4.53. The number of ether oxygens (including phenoxy) is 1. The normalized spacial score (nSPS) is 18.2. The van der Waals surface area contributed by atoms with Crippen LogP contribution in [0.15, 0.2) is 59.6 Å². The van der Waals surface area contributed by atoms with Gasteiger partial charge in [-0.25, -0.2) is 4.99 Å². The molecule has 1 atom stereocenters. The Morgan fingerprint density at radius 2 is 1.89 bits per heavy atom. The Labute approximate surface area is 105 Å². The summed E-state index contributed by atoms with van der Waals surface area (Å²) in [6.07, 6.45) is 0. The van der Waals surface area contributed by atoms with E-state index in [1.54, 1.807) is 18.2 Å². The molecule has 3 nitrogen and oxygen atoms in total. The van der Waals surface area contributed by atoms with Crippen LogP contribution in [-0.4, -0.2) is 17.6 Å². The highest BCUT2D eigenvalue weighted by Gasteiger charge is 2.21. The molecule has 3 heteroatoms. The average molecular weight is 239 g/mol. The van der Waals surface area contributed by atoms with E-state index in [1.807, 2.05) is 36.4 Å². The molecule has 0 saturated carbocycles. The van der Waals surface area contributed by atoms with Crippen LogP contribution in [0.1, 0.15) is 17.2 Å². The molecule has 1 N–H and O–H groups in total. The largest absolute Gasteiger partial charge is 0.508 e. The number of aromatic hydroxyl groups is 1. The zero-order valence-corrected chi connectivity index (χ0v) is 9.78. The van der Waals surface area contributed by atoms with E-state index >= 15 is 0 Å². The summed E-state index contributed by atoms with van der Waals surface area (Å²) in [6.45, 7) is 0.551. The standard InChI is InChI=1S/C15H13NO2/c17-13-8-4-7-12(9-13)15-16-14(10-18-15)11-5-2-1-3-6-11/h1-9,14,17H,10H2/t14-/m1/s1. The lowest BCUT2D eigenvalue weighted by Gasteiger charge is -2.03. The van der Waals surface area contributed by atoms with Gasteiger partial charge < -0.3 is 9.84 Å². The number of nitrogens with zero attached hydrogens (tertiary/aromatic N) is 1. The maximum absolute atomic E-state index is 9.45. The Bertz CT molecular complexity index is 578. The summed E-state index contributed by atoms with van der Waals surface area (Å²) in [5.74, 6) is 0.821. The van der Waals surface area contributed by atoms with Crippen LogP contribution in [0.25, 0.3) is 0 Å². The predicted molar refractivity (Wildman–Crippen MR) is 69.8 cm³/mol. The molecule has 0 amide bonds. The van der Waals surface area contributed by atoms with Crippen molar-refractivity contribution in [2.75, 3.05) is 6.61 Å². The van der Waals surface area contributed by atoms with E-state index in [0.717, 1.165) is 11.1 Å². The average Bonchev–Trinajstić information content (AvgIpc) is 2.89. The van der Waals surface area contributed by atoms with Crippen molar-refractivity contribution in [3.63, 3.8) is 0 Å². The molecule has 0 fully saturated rings. The molecule has 0 aliphatic carbocycles. The Morgan fingerprint density at radius 3 is 2.67 bits per heavy atom. The number of benzene rings is 2. The monoisotopic (exact) mass is 239 g/mol. The lowest BCUT2D eigenvalue weighted by atomic mass is 10.1. The maximum atomic E-state index is 9.45. The van der Waals surface area contributed by atoms with Crippen molar-refractivity contribution >= 4 is 5.90 Å². The molecule has 0 bridgehead atoms. The van der Waals surface area contributed by atoms with Crippen LogP contribution in [0, 0.1) is 0 Å². The fourth-order valence-corrected chi connectivity index (χ4v) is 2.02. The molecule has 0 spiro atoms. The van der Waals surface area contributed by atoms with Crippen LogP contribution < -0.4 is 0 Å². The lowest BCUT2D eigenvalue weighted by Crippen LogP contribution is -2.00. The van der Waals surface area contributed by atoms with Gasteiger partial charge in [0.05, 0.1) is 0 Å². The van der Waals surface area contributed by atoms with Gasteiger partial charge in [0.2, 0.25) is 5.90 Å². The van der Waals surface area contributed by atoms with Crippen molar-refractivity contribution in [3.8, 4) is 5.75 Å². The summed E-state index contributed by atoms with van der Waals surface area (Å²) in [5, 5.41) is 9.45. The van der Waals surface area contributed by atoms with Gasteiger partial charge in [0, 0.05) is 5.56 Å². The molecule has 0 unspecified atom stereocenters. The van der Waals surface area contributed by atoms with Gasteiger partial charge in [-0.05, 0) is 23.8 Å². The molecule has 3 rings (SSSR count). The van der Waals surface area contributed by atoms with E-state index in [1.165, 1.54) is 0 Å².